The van der Waals surface area contributed by atoms with Gasteiger partial charge < -0.3 is 10.5 Å². The van der Waals surface area contributed by atoms with E-state index in [1.165, 1.54) is 0 Å². The van der Waals surface area contributed by atoms with Gasteiger partial charge in [0, 0.05) is 12.1 Å². The van der Waals surface area contributed by atoms with Gasteiger partial charge in [-0.05, 0) is 56.4 Å². The molecule has 1 aliphatic rings. The van der Waals surface area contributed by atoms with Gasteiger partial charge in [0.2, 0.25) is 10.0 Å². The van der Waals surface area contributed by atoms with Crippen LogP contribution in [0.3, 0.4) is 0 Å². The van der Waals surface area contributed by atoms with E-state index in [1.807, 2.05) is 13.8 Å². The van der Waals surface area contributed by atoms with Crippen molar-refractivity contribution in [3.05, 3.63) is 24.3 Å². The number of nitrogens with two attached hydrogens (primary N) is 1. The fourth-order valence-corrected chi connectivity index (χ4v) is 3.79. The molecule has 3 N–H and O–H groups in total. The summed E-state index contributed by atoms with van der Waals surface area (Å²) in [6, 6.07) is 6.50. The highest BCUT2D eigenvalue weighted by molar-refractivity contribution is 7.89. The highest BCUT2D eigenvalue weighted by atomic mass is 32.2. The number of hydrogen-bond acceptors (Lipinski definition) is 4. The summed E-state index contributed by atoms with van der Waals surface area (Å²) in [5.74, 6) is 1.02. The zero-order chi connectivity index (χ0) is 15.5. The zero-order valence-corrected chi connectivity index (χ0v) is 13.4. The van der Waals surface area contributed by atoms with E-state index in [-0.39, 0.29) is 4.90 Å². The van der Waals surface area contributed by atoms with Gasteiger partial charge in [-0.25, -0.2) is 13.1 Å². The Balaban J connectivity index is 2.11. The number of sulfonamides is 1. The second-order valence-corrected chi connectivity index (χ2v) is 7.50. The monoisotopic (exact) mass is 312 g/mol. The molecule has 6 heteroatoms. The molecule has 0 aromatic heterocycles. The first-order valence-electron chi connectivity index (χ1n) is 7.38. The van der Waals surface area contributed by atoms with Crippen LogP contribution in [0, 0.1) is 5.92 Å². The lowest BCUT2D eigenvalue weighted by Crippen LogP contribution is -2.52. The van der Waals surface area contributed by atoms with E-state index in [4.69, 9.17) is 10.5 Å². The fraction of sp³-hybridized carbons (Fsp3) is 0.600. The molecule has 0 aliphatic heterocycles. The van der Waals surface area contributed by atoms with Crippen LogP contribution >= 0.6 is 0 Å². The zero-order valence-electron chi connectivity index (χ0n) is 12.6. The molecule has 0 heterocycles. The molecule has 0 amide bonds. The molecule has 1 aliphatic carbocycles. The van der Waals surface area contributed by atoms with Crippen LogP contribution in [-0.4, -0.2) is 27.1 Å². The Bertz CT molecular complexity index is 567. The maximum atomic E-state index is 12.5. The van der Waals surface area contributed by atoms with Gasteiger partial charge >= 0.3 is 0 Å². The predicted octanol–water partition coefficient (Wildman–Crippen LogP) is 1.88. The van der Waals surface area contributed by atoms with E-state index in [0.717, 1.165) is 19.3 Å². The predicted molar refractivity (Wildman–Crippen MR) is 82.7 cm³/mol. The Labute approximate surface area is 126 Å². The molecule has 0 saturated heterocycles. The molecule has 0 bridgehead atoms. The first kappa shape index (κ1) is 16.3. The summed E-state index contributed by atoms with van der Waals surface area (Å²) in [6.07, 6.45) is 2.97. The summed E-state index contributed by atoms with van der Waals surface area (Å²) < 4.78 is 33.1. The van der Waals surface area contributed by atoms with Crippen molar-refractivity contribution in [2.45, 2.75) is 43.5 Å². The van der Waals surface area contributed by atoms with Crippen molar-refractivity contribution in [1.82, 2.24) is 4.72 Å². The van der Waals surface area contributed by atoms with Gasteiger partial charge in [-0.1, -0.05) is 6.92 Å². The first-order valence-corrected chi connectivity index (χ1v) is 8.86. The molecule has 1 atom stereocenters. The number of rotatable bonds is 8. The summed E-state index contributed by atoms with van der Waals surface area (Å²) in [5, 5.41) is 0. The lowest BCUT2D eigenvalue weighted by molar-refractivity contribution is 0.317. The Morgan fingerprint density at radius 1 is 1.33 bits per heavy atom. The first-order chi connectivity index (χ1) is 9.91. The lowest BCUT2D eigenvalue weighted by Gasteiger charge is -2.29. The molecule has 0 radical (unpaired) electrons. The van der Waals surface area contributed by atoms with E-state index < -0.39 is 15.6 Å². The molecule has 1 fully saturated rings. The molecule has 1 aromatic rings. The van der Waals surface area contributed by atoms with Gasteiger partial charge in [0.05, 0.1) is 11.5 Å². The van der Waals surface area contributed by atoms with E-state index in [1.54, 1.807) is 24.3 Å². The van der Waals surface area contributed by atoms with Crippen molar-refractivity contribution in [3.8, 4) is 5.75 Å². The van der Waals surface area contributed by atoms with Crippen LogP contribution in [0.15, 0.2) is 29.2 Å². The van der Waals surface area contributed by atoms with Crippen molar-refractivity contribution in [2.75, 3.05) is 13.2 Å². The van der Waals surface area contributed by atoms with Gasteiger partial charge in [0.15, 0.2) is 0 Å². The molecule has 5 nitrogen and oxygen atoms in total. The lowest BCUT2D eigenvalue weighted by atomic mass is 9.98. The molecule has 1 saturated carbocycles. The minimum Gasteiger partial charge on any atom is -0.494 e. The molecule has 118 valence electrons. The van der Waals surface area contributed by atoms with Crippen molar-refractivity contribution in [2.24, 2.45) is 11.7 Å². The molecule has 21 heavy (non-hydrogen) atoms. The summed E-state index contributed by atoms with van der Waals surface area (Å²) in [4.78, 5) is 0.242. The van der Waals surface area contributed by atoms with Crippen LogP contribution in [0.4, 0.5) is 0 Å². The van der Waals surface area contributed by atoms with Gasteiger partial charge in [-0.15, -0.1) is 0 Å². The van der Waals surface area contributed by atoms with Gasteiger partial charge in [0.1, 0.15) is 5.75 Å². The molecular weight excluding hydrogens is 288 g/mol. The van der Waals surface area contributed by atoms with E-state index in [9.17, 15) is 8.42 Å². The third-order valence-corrected chi connectivity index (χ3v) is 5.50. The highest BCUT2D eigenvalue weighted by Crippen LogP contribution is 2.39. The van der Waals surface area contributed by atoms with Crippen molar-refractivity contribution < 1.29 is 13.2 Å². The second kappa shape index (κ2) is 6.34. The Morgan fingerprint density at radius 3 is 2.43 bits per heavy atom. The average molecular weight is 312 g/mol. The quantitative estimate of drug-likeness (QED) is 0.768. The summed E-state index contributed by atoms with van der Waals surface area (Å²) in [6.45, 7) is 4.82. The van der Waals surface area contributed by atoms with Crippen LogP contribution in [0.2, 0.25) is 0 Å². The normalized spacial score (nSPS) is 18.2. The maximum Gasteiger partial charge on any atom is 0.241 e. The maximum absolute atomic E-state index is 12.5. The highest BCUT2D eigenvalue weighted by Gasteiger charge is 2.43. The number of nitrogens with one attached hydrogen (secondary N) is 1. The largest absolute Gasteiger partial charge is 0.494 e. The van der Waals surface area contributed by atoms with Crippen molar-refractivity contribution >= 4 is 10.0 Å². The Morgan fingerprint density at radius 2 is 1.95 bits per heavy atom. The third-order valence-electron chi connectivity index (χ3n) is 3.88. The summed E-state index contributed by atoms with van der Waals surface area (Å²) in [5.41, 5.74) is 5.21. The van der Waals surface area contributed by atoms with Gasteiger partial charge in [-0.2, -0.15) is 0 Å². The summed E-state index contributed by atoms with van der Waals surface area (Å²) in [7, 11) is -3.56. The van der Waals surface area contributed by atoms with E-state index in [2.05, 4.69) is 4.72 Å². The smallest absolute Gasteiger partial charge is 0.241 e. The minimum atomic E-state index is -3.56. The van der Waals surface area contributed by atoms with Crippen LogP contribution in [0.25, 0.3) is 0 Å². The second-order valence-electron chi connectivity index (χ2n) is 5.82. The third kappa shape index (κ3) is 3.96. The SMILES string of the molecule is CCCOc1ccc(S(=O)(=O)NC(C)(CN)C2CC2)cc1. The minimum absolute atomic E-state index is 0.242. The van der Waals surface area contributed by atoms with Crippen LogP contribution < -0.4 is 15.2 Å². The molecular formula is C15H24N2O3S. The topological polar surface area (TPSA) is 81.4 Å². The number of hydrogen-bond donors (Lipinski definition) is 2. The molecule has 2 rings (SSSR count). The average Bonchev–Trinajstić information content (AvgIpc) is 3.30. The number of ether oxygens (including phenoxy) is 1. The number of benzene rings is 1. The van der Waals surface area contributed by atoms with Crippen molar-refractivity contribution in [1.29, 1.82) is 0 Å². The van der Waals surface area contributed by atoms with E-state index >= 15 is 0 Å². The van der Waals surface area contributed by atoms with Crippen LogP contribution in [0.1, 0.15) is 33.1 Å². The Kier molecular flexibility index (Phi) is 4.91. The van der Waals surface area contributed by atoms with Gasteiger partial charge in [-0.3, -0.25) is 0 Å². The van der Waals surface area contributed by atoms with Crippen LogP contribution in [0.5, 0.6) is 5.75 Å². The summed E-state index contributed by atoms with van der Waals surface area (Å²) >= 11 is 0. The van der Waals surface area contributed by atoms with Crippen molar-refractivity contribution in [3.63, 3.8) is 0 Å². The molecule has 0 spiro atoms. The standard InChI is InChI=1S/C15H24N2O3S/c1-3-10-20-13-6-8-14(9-7-13)21(18,19)17-15(2,11-16)12-4-5-12/h6-9,12,17H,3-5,10-11,16H2,1-2H3. The Hall–Kier alpha value is -1.11. The van der Waals surface area contributed by atoms with E-state index in [0.29, 0.717) is 24.8 Å². The van der Waals surface area contributed by atoms with Gasteiger partial charge in [0.25, 0.3) is 0 Å². The van der Waals surface area contributed by atoms with Crippen LogP contribution in [-0.2, 0) is 10.0 Å². The molecule has 1 unspecified atom stereocenters. The molecule has 1 aromatic carbocycles. The fourth-order valence-electron chi connectivity index (χ4n) is 2.31.